The third-order valence-corrected chi connectivity index (χ3v) is 16.0. The van der Waals surface area contributed by atoms with Gasteiger partial charge in [-0.15, -0.1) is 11.3 Å². The Balaban J connectivity index is 0.918. The fourth-order valence-electron chi connectivity index (χ4n) is 11.2. The van der Waals surface area contributed by atoms with Gasteiger partial charge in [-0.1, -0.05) is 218 Å². The second-order valence-electron chi connectivity index (χ2n) is 19.1. The number of benzene rings is 11. The molecule has 0 bridgehead atoms. The van der Waals surface area contributed by atoms with E-state index in [1.807, 2.05) is 23.5 Å². The number of rotatable bonds is 8. The summed E-state index contributed by atoms with van der Waals surface area (Å²) in [6.07, 6.45) is 0. The molecule has 0 aliphatic rings. The fourth-order valence-corrected chi connectivity index (χ4v) is 12.6. The van der Waals surface area contributed by atoms with Crippen LogP contribution in [-0.2, 0) is 0 Å². The van der Waals surface area contributed by atoms with Gasteiger partial charge in [-0.05, 0) is 75.8 Å². The van der Waals surface area contributed by atoms with Crippen LogP contribution in [-0.4, -0.2) is 24.1 Å². The Labute approximate surface area is 436 Å². The molecule has 4 heterocycles. The SMILES string of the molecule is c1ccc(-c2ccc(-c3nc(-c4cccc(-c5ccccc5)c4)nc(-c4cccc(-n5c6ccccc6c6ccc7c8ccc9c%10ccccc%10n(-c%10ccc(-c%11ccccc%11)cc%10)c9c8sc7c65)c4)n3)cc2)cc1. The quantitative estimate of drug-likeness (QED) is 0.152. The molecule has 5 nitrogen and oxygen atoms in total. The Bertz CT molecular complexity index is 4670. The maximum Gasteiger partial charge on any atom is 0.164 e. The largest absolute Gasteiger partial charge is 0.308 e. The molecule has 15 aromatic rings. The summed E-state index contributed by atoms with van der Waals surface area (Å²) in [6, 6.07) is 93.2. The average Bonchev–Trinajstić information content (AvgIpc) is 4.21. The summed E-state index contributed by atoms with van der Waals surface area (Å²) in [5, 5.41) is 7.40. The van der Waals surface area contributed by atoms with Crippen molar-refractivity contribution >= 4 is 75.1 Å². The van der Waals surface area contributed by atoms with Crippen molar-refractivity contribution in [2.75, 3.05) is 0 Å². The average molecular weight is 974 g/mol. The van der Waals surface area contributed by atoms with Crippen LogP contribution in [0.2, 0.25) is 0 Å². The van der Waals surface area contributed by atoms with E-state index in [9.17, 15) is 0 Å². The van der Waals surface area contributed by atoms with Crippen LogP contribution in [0.3, 0.4) is 0 Å². The van der Waals surface area contributed by atoms with E-state index in [2.05, 4.69) is 258 Å². The lowest BCUT2D eigenvalue weighted by Gasteiger charge is -2.12. The van der Waals surface area contributed by atoms with Gasteiger partial charge in [0.15, 0.2) is 17.5 Å². The molecule has 0 amide bonds. The van der Waals surface area contributed by atoms with Gasteiger partial charge < -0.3 is 9.13 Å². The molecule has 350 valence electrons. The molecule has 11 aromatic carbocycles. The first kappa shape index (κ1) is 42.9. The zero-order valence-corrected chi connectivity index (χ0v) is 41.3. The van der Waals surface area contributed by atoms with Crippen LogP contribution in [0.25, 0.3) is 143 Å². The number of nitrogens with zero attached hydrogens (tertiary/aromatic N) is 5. The van der Waals surface area contributed by atoms with Crippen molar-refractivity contribution in [3.63, 3.8) is 0 Å². The molecule has 0 spiro atoms. The van der Waals surface area contributed by atoms with Crippen LogP contribution in [0, 0.1) is 0 Å². The summed E-state index contributed by atoms with van der Waals surface area (Å²) in [5.74, 6) is 1.84. The molecule has 0 saturated heterocycles. The monoisotopic (exact) mass is 973 g/mol. The molecule has 0 unspecified atom stereocenters. The van der Waals surface area contributed by atoms with Crippen molar-refractivity contribution in [1.82, 2.24) is 24.1 Å². The van der Waals surface area contributed by atoms with Gasteiger partial charge in [0.2, 0.25) is 0 Å². The Morgan fingerprint density at radius 2 is 0.613 bits per heavy atom. The Hall–Kier alpha value is -9.75. The molecule has 6 heteroatoms. The Morgan fingerprint density at radius 1 is 0.240 bits per heavy atom. The number of para-hydroxylation sites is 2. The van der Waals surface area contributed by atoms with Gasteiger partial charge in [0.1, 0.15) is 0 Å². The molecular weight excluding hydrogens is 931 g/mol. The van der Waals surface area contributed by atoms with Gasteiger partial charge in [0.25, 0.3) is 0 Å². The van der Waals surface area contributed by atoms with E-state index in [1.54, 1.807) is 0 Å². The van der Waals surface area contributed by atoms with E-state index < -0.39 is 0 Å². The third kappa shape index (κ3) is 7.18. The molecule has 4 aromatic heterocycles. The summed E-state index contributed by atoms with van der Waals surface area (Å²) < 4.78 is 7.44. The smallest absolute Gasteiger partial charge is 0.164 e. The van der Waals surface area contributed by atoms with Crippen molar-refractivity contribution in [3.05, 3.63) is 261 Å². The molecule has 0 aliphatic carbocycles. The maximum atomic E-state index is 5.29. The number of hydrogen-bond donors (Lipinski definition) is 0. The highest BCUT2D eigenvalue weighted by Crippen LogP contribution is 2.47. The number of thiophene rings is 1. The number of fused-ring (bicyclic) bond motifs is 11. The Kier molecular flexibility index (Phi) is 10.00. The minimum absolute atomic E-state index is 0.605. The minimum atomic E-state index is 0.605. The lowest BCUT2D eigenvalue weighted by atomic mass is 10.0. The summed E-state index contributed by atoms with van der Waals surface area (Å²) in [5.41, 5.74) is 16.6. The minimum Gasteiger partial charge on any atom is -0.308 e. The van der Waals surface area contributed by atoms with E-state index in [1.165, 1.54) is 69.4 Å². The predicted octanol–water partition coefficient (Wildman–Crippen LogP) is 18.4. The van der Waals surface area contributed by atoms with Crippen LogP contribution in [0.15, 0.2) is 261 Å². The first-order valence-corrected chi connectivity index (χ1v) is 26.2. The van der Waals surface area contributed by atoms with E-state index in [-0.39, 0.29) is 0 Å². The van der Waals surface area contributed by atoms with Gasteiger partial charge in [-0.2, -0.15) is 0 Å². The van der Waals surface area contributed by atoms with E-state index >= 15 is 0 Å². The van der Waals surface area contributed by atoms with E-state index in [0.717, 1.165) is 55.8 Å². The number of aromatic nitrogens is 5. The van der Waals surface area contributed by atoms with Crippen molar-refractivity contribution < 1.29 is 0 Å². The molecule has 0 radical (unpaired) electrons. The topological polar surface area (TPSA) is 48.5 Å². The highest BCUT2D eigenvalue weighted by atomic mass is 32.1. The zero-order valence-electron chi connectivity index (χ0n) is 40.5. The first-order chi connectivity index (χ1) is 37.2. The molecule has 0 aliphatic heterocycles. The standard InChI is InChI=1S/C69H43N5S/c1-4-16-44(17-5-1)47-30-32-49(33-31-47)67-70-68(51-23-14-22-50(42-51)46-20-8-3-9-21-46)72-69(71-67)52-24-15-25-54(43-52)74-62-29-13-11-27-56(62)58-39-41-60-59-40-38-57-55-26-10-12-28-61(55)73(63(57)65(59)75-66(60)64(58)74)53-36-34-48(35-37-53)45-18-6-2-7-19-45/h1-43H. The Morgan fingerprint density at radius 3 is 1.16 bits per heavy atom. The predicted molar refractivity (Wildman–Crippen MR) is 314 cm³/mol. The van der Waals surface area contributed by atoms with Crippen LogP contribution < -0.4 is 0 Å². The van der Waals surface area contributed by atoms with Crippen molar-refractivity contribution in [2.24, 2.45) is 0 Å². The van der Waals surface area contributed by atoms with Gasteiger partial charge in [0, 0.05) is 60.4 Å². The molecule has 0 fully saturated rings. The molecule has 0 atom stereocenters. The first-order valence-electron chi connectivity index (χ1n) is 25.3. The van der Waals surface area contributed by atoms with Gasteiger partial charge in [-0.25, -0.2) is 15.0 Å². The summed E-state index contributed by atoms with van der Waals surface area (Å²) in [7, 11) is 0. The normalized spacial score (nSPS) is 11.7. The highest BCUT2D eigenvalue weighted by molar-refractivity contribution is 7.27. The molecule has 0 N–H and O–H groups in total. The van der Waals surface area contributed by atoms with Gasteiger partial charge in [-0.3, -0.25) is 0 Å². The zero-order chi connectivity index (χ0) is 49.4. The molecule has 75 heavy (non-hydrogen) atoms. The maximum absolute atomic E-state index is 5.29. The summed E-state index contributed by atoms with van der Waals surface area (Å²) in [6.45, 7) is 0. The number of hydrogen-bond acceptors (Lipinski definition) is 4. The lowest BCUT2D eigenvalue weighted by molar-refractivity contribution is 1.07. The summed E-state index contributed by atoms with van der Waals surface area (Å²) >= 11 is 1.89. The van der Waals surface area contributed by atoms with E-state index in [4.69, 9.17) is 15.0 Å². The second-order valence-corrected chi connectivity index (χ2v) is 20.2. The fraction of sp³-hybridized carbons (Fsp3) is 0. The van der Waals surface area contributed by atoms with Crippen LogP contribution in [0.5, 0.6) is 0 Å². The van der Waals surface area contributed by atoms with Crippen LogP contribution >= 0.6 is 11.3 Å². The highest BCUT2D eigenvalue weighted by Gasteiger charge is 2.23. The van der Waals surface area contributed by atoms with Crippen LogP contribution in [0.4, 0.5) is 0 Å². The molecular formula is C69H43N5S. The second kappa shape index (κ2) is 17.5. The van der Waals surface area contributed by atoms with Crippen LogP contribution in [0.1, 0.15) is 0 Å². The molecule has 15 rings (SSSR count). The third-order valence-electron chi connectivity index (χ3n) is 14.8. The molecule has 0 saturated carbocycles. The van der Waals surface area contributed by atoms with Crippen molar-refractivity contribution in [1.29, 1.82) is 0 Å². The lowest BCUT2D eigenvalue weighted by Crippen LogP contribution is -2.01. The van der Waals surface area contributed by atoms with Crippen molar-refractivity contribution in [3.8, 4) is 78.9 Å². The van der Waals surface area contributed by atoms with Gasteiger partial charge in [0.05, 0.1) is 31.5 Å². The van der Waals surface area contributed by atoms with Crippen molar-refractivity contribution in [2.45, 2.75) is 0 Å². The van der Waals surface area contributed by atoms with Gasteiger partial charge >= 0.3 is 0 Å². The summed E-state index contributed by atoms with van der Waals surface area (Å²) in [4.78, 5) is 15.8. The van der Waals surface area contributed by atoms with E-state index in [0.29, 0.717) is 17.5 Å².